The highest BCUT2D eigenvalue weighted by molar-refractivity contribution is 7.13. The van der Waals surface area contributed by atoms with E-state index in [1.165, 1.54) is 16.7 Å². The summed E-state index contributed by atoms with van der Waals surface area (Å²) in [7, 11) is 0. The van der Waals surface area contributed by atoms with Crippen LogP contribution in [0.5, 0.6) is 0 Å². The minimum Gasteiger partial charge on any atom is -0.390 e. The first kappa shape index (κ1) is 17.9. The second-order valence-corrected chi connectivity index (χ2v) is 7.29. The number of aliphatic hydroxyl groups is 1. The predicted molar refractivity (Wildman–Crippen MR) is 108 cm³/mol. The number of rotatable bonds is 6. The largest absolute Gasteiger partial charge is 0.390 e. The summed E-state index contributed by atoms with van der Waals surface area (Å²) in [6.45, 7) is 4.64. The zero-order valence-electron chi connectivity index (χ0n) is 14.3. The number of aromatic nitrogens is 1. The molecule has 3 rings (SSSR count). The number of nitrogens with one attached hydrogen (secondary N) is 1. The summed E-state index contributed by atoms with van der Waals surface area (Å²) in [6.07, 6.45) is -0.555. The molecule has 0 aliphatic carbocycles. The monoisotopic (exact) mass is 372 g/mol. The van der Waals surface area contributed by atoms with Crippen molar-refractivity contribution in [3.8, 4) is 21.8 Å². The fourth-order valence-corrected chi connectivity index (χ4v) is 3.52. The van der Waals surface area contributed by atoms with Crippen LogP contribution in [-0.2, 0) is 0 Å². The Morgan fingerprint density at radius 1 is 1.20 bits per heavy atom. The molecule has 0 fully saturated rings. The third kappa shape index (κ3) is 4.40. The van der Waals surface area contributed by atoms with Gasteiger partial charge in [-0.05, 0) is 37.6 Å². The van der Waals surface area contributed by atoms with Crippen molar-refractivity contribution < 1.29 is 5.11 Å². The third-order valence-corrected chi connectivity index (χ3v) is 5.25. The Kier molecular flexibility index (Phi) is 5.74. The van der Waals surface area contributed by atoms with E-state index < -0.39 is 6.10 Å². The van der Waals surface area contributed by atoms with Gasteiger partial charge in [-0.1, -0.05) is 29.8 Å². The lowest BCUT2D eigenvalue weighted by atomic mass is 10.0. The molecule has 1 heterocycles. The van der Waals surface area contributed by atoms with Crippen LogP contribution >= 0.6 is 22.9 Å². The molecule has 0 saturated heterocycles. The molecule has 0 amide bonds. The number of anilines is 1. The minimum absolute atomic E-state index is 0.221. The van der Waals surface area contributed by atoms with Gasteiger partial charge in [-0.15, -0.1) is 22.9 Å². The zero-order chi connectivity index (χ0) is 17.8. The molecule has 0 aliphatic rings. The summed E-state index contributed by atoms with van der Waals surface area (Å²) in [4.78, 5) is 4.83. The van der Waals surface area contributed by atoms with Crippen LogP contribution in [0.1, 0.15) is 11.1 Å². The van der Waals surface area contributed by atoms with E-state index in [2.05, 4.69) is 48.8 Å². The second kappa shape index (κ2) is 8.00. The Morgan fingerprint density at radius 2 is 2.04 bits per heavy atom. The number of hydrogen-bond donors (Lipinski definition) is 2. The average molecular weight is 373 g/mol. The van der Waals surface area contributed by atoms with Crippen LogP contribution in [0.3, 0.4) is 0 Å². The molecule has 0 bridgehead atoms. The molecular weight excluding hydrogens is 352 g/mol. The molecule has 3 aromatic rings. The van der Waals surface area contributed by atoms with E-state index >= 15 is 0 Å². The van der Waals surface area contributed by atoms with Crippen LogP contribution in [0.4, 0.5) is 5.69 Å². The number of benzene rings is 2. The highest BCUT2D eigenvalue weighted by atomic mass is 35.5. The van der Waals surface area contributed by atoms with Gasteiger partial charge in [0.2, 0.25) is 0 Å². The summed E-state index contributed by atoms with van der Waals surface area (Å²) < 4.78 is 0. The van der Waals surface area contributed by atoms with E-state index in [4.69, 9.17) is 16.6 Å². The molecule has 0 radical (unpaired) electrons. The Balaban J connectivity index is 1.84. The van der Waals surface area contributed by atoms with Gasteiger partial charge in [0.25, 0.3) is 0 Å². The lowest BCUT2D eigenvalue weighted by molar-refractivity contribution is 0.211. The van der Waals surface area contributed by atoms with Crippen molar-refractivity contribution in [2.45, 2.75) is 20.0 Å². The first-order valence-electron chi connectivity index (χ1n) is 8.18. The standard InChI is InChI=1S/C20H21ClN2OS/c1-13-6-7-14(2)18(8-13)19-12-25-20(23-19)15-4-3-5-16(9-15)22-11-17(24)10-21/h3-9,12,17,22,24H,10-11H2,1-2H3. The van der Waals surface area contributed by atoms with Crippen LogP contribution in [-0.4, -0.2) is 28.6 Å². The van der Waals surface area contributed by atoms with Gasteiger partial charge in [-0.3, -0.25) is 0 Å². The van der Waals surface area contributed by atoms with E-state index in [-0.39, 0.29) is 5.88 Å². The van der Waals surface area contributed by atoms with E-state index in [9.17, 15) is 5.11 Å². The van der Waals surface area contributed by atoms with Crippen molar-refractivity contribution in [1.29, 1.82) is 0 Å². The van der Waals surface area contributed by atoms with Gasteiger partial charge >= 0.3 is 0 Å². The third-order valence-electron chi connectivity index (χ3n) is 4.00. The Hall–Kier alpha value is -1.88. The van der Waals surface area contributed by atoms with Gasteiger partial charge in [0.1, 0.15) is 5.01 Å². The average Bonchev–Trinajstić information content (AvgIpc) is 3.12. The van der Waals surface area contributed by atoms with Gasteiger partial charge < -0.3 is 10.4 Å². The number of aryl methyl sites for hydroxylation is 2. The molecule has 1 atom stereocenters. The van der Waals surface area contributed by atoms with Gasteiger partial charge in [0.05, 0.1) is 17.7 Å². The number of thiazole rings is 1. The summed E-state index contributed by atoms with van der Waals surface area (Å²) in [5, 5.41) is 15.9. The van der Waals surface area contributed by atoms with Gasteiger partial charge in [0, 0.05) is 28.7 Å². The van der Waals surface area contributed by atoms with Crippen molar-refractivity contribution >= 4 is 28.6 Å². The number of hydrogen-bond acceptors (Lipinski definition) is 4. The van der Waals surface area contributed by atoms with Gasteiger partial charge in [-0.2, -0.15) is 0 Å². The van der Waals surface area contributed by atoms with Crippen LogP contribution in [0.15, 0.2) is 47.8 Å². The lowest BCUT2D eigenvalue weighted by Gasteiger charge is -2.10. The number of nitrogens with zero attached hydrogens (tertiary/aromatic N) is 1. The van der Waals surface area contributed by atoms with Gasteiger partial charge in [0.15, 0.2) is 0 Å². The maximum absolute atomic E-state index is 9.58. The Morgan fingerprint density at radius 3 is 2.84 bits per heavy atom. The zero-order valence-corrected chi connectivity index (χ0v) is 15.9. The Bertz CT molecular complexity index is 862. The smallest absolute Gasteiger partial charge is 0.124 e. The molecule has 25 heavy (non-hydrogen) atoms. The van der Waals surface area contributed by atoms with Crippen molar-refractivity contribution in [3.05, 3.63) is 59.0 Å². The number of aliphatic hydroxyl groups excluding tert-OH is 1. The van der Waals surface area contributed by atoms with Crippen LogP contribution < -0.4 is 5.32 Å². The molecule has 3 nitrogen and oxygen atoms in total. The van der Waals surface area contributed by atoms with Crippen LogP contribution in [0.2, 0.25) is 0 Å². The predicted octanol–water partition coefficient (Wildman–Crippen LogP) is 5.11. The van der Waals surface area contributed by atoms with Crippen molar-refractivity contribution in [3.63, 3.8) is 0 Å². The summed E-state index contributed by atoms with van der Waals surface area (Å²) in [5.74, 6) is 0.221. The highest BCUT2D eigenvalue weighted by Crippen LogP contribution is 2.31. The molecule has 2 aromatic carbocycles. The van der Waals surface area contributed by atoms with Crippen molar-refractivity contribution in [1.82, 2.24) is 4.98 Å². The highest BCUT2D eigenvalue weighted by Gasteiger charge is 2.10. The Labute approximate surface area is 157 Å². The molecule has 5 heteroatoms. The fourth-order valence-electron chi connectivity index (χ4n) is 2.59. The van der Waals surface area contributed by atoms with Crippen molar-refractivity contribution in [2.24, 2.45) is 0 Å². The summed E-state index contributed by atoms with van der Waals surface area (Å²) >= 11 is 7.27. The minimum atomic E-state index is -0.555. The first-order chi connectivity index (χ1) is 12.1. The quantitative estimate of drug-likeness (QED) is 0.591. The fraction of sp³-hybridized carbons (Fsp3) is 0.250. The van der Waals surface area contributed by atoms with Gasteiger partial charge in [-0.25, -0.2) is 4.98 Å². The van der Waals surface area contributed by atoms with Crippen molar-refractivity contribution in [2.75, 3.05) is 17.7 Å². The van der Waals surface area contributed by atoms with E-state index in [1.54, 1.807) is 11.3 Å². The molecule has 1 aromatic heterocycles. The van der Waals surface area contributed by atoms with E-state index in [0.717, 1.165) is 22.0 Å². The van der Waals surface area contributed by atoms with E-state index in [0.29, 0.717) is 6.54 Å². The van der Waals surface area contributed by atoms with Crippen LogP contribution in [0.25, 0.3) is 21.8 Å². The molecule has 0 aliphatic heterocycles. The summed E-state index contributed by atoms with van der Waals surface area (Å²) in [5.41, 5.74) is 6.67. The van der Waals surface area contributed by atoms with E-state index in [1.807, 2.05) is 18.2 Å². The molecule has 0 spiro atoms. The second-order valence-electron chi connectivity index (χ2n) is 6.13. The number of alkyl halides is 1. The normalized spacial score (nSPS) is 12.2. The number of halogens is 1. The first-order valence-corrected chi connectivity index (χ1v) is 9.59. The summed E-state index contributed by atoms with van der Waals surface area (Å²) in [6, 6.07) is 14.5. The topological polar surface area (TPSA) is 45.1 Å². The van der Waals surface area contributed by atoms with Crippen LogP contribution in [0, 0.1) is 13.8 Å². The SMILES string of the molecule is Cc1ccc(C)c(-c2csc(-c3cccc(NCC(O)CCl)c3)n2)c1. The lowest BCUT2D eigenvalue weighted by Crippen LogP contribution is -2.20. The molecule has 0 saturated carbocycles. The molecule has 2 N–H and O–H groups in total. The maximum Gasteiger partial charge on any atom is 0.124 e. The molecule has 1 unspecified atom stereocenters. The maximum atomic E-state index is 9.58. The molecular formula is C20H21ClN2OS. The molecule has 130 valence electrons.